The standard InChI is InChI=1S/C19H24N2O4S2/c1-15-5-9-18(10-6-15)26(22,23)20-17-7-11-19(12-8-17)27(24,25)21-13-3-4-16(2)14-21/h5-12,16,20H,3-4,13-14H2,1-2H3. The number of nitrogens with one attached hydrogen (secondary N) is 1. The normalized spacial score (nSPS) is 19.0. The van der Waals surface area contributed by atoms with Gasteiger partial charge >= 0.3 is 0 Å². The molecule has 0 saturated carbocycles. The molecule has 1 aliphatic rings. The molecule has 1 N–H and O–H groups in total. The highest BCUT2D eigenvalue weighted by atomic mass is 32.2. The molecular weight excluding hydrogens is 384 g/mol. The Labute approximate surface area is 161 Å². The fourth-order valence-corrected chi connectivity index (χ4v) is 5.80. The van der Waals surface area contributed by atoms with Crippen molar-refractivity contribution in [1.82, 2.24) is 4.31 Å². The van der Waals surface area contributed by atoms with Crippen LogP contribution in [0.5, 0.6) is 0 Å². The van der Waals surface area contributed by atoms with E-state index < -0.39 is 20.0 Å². The number of sulfonamides is 2. The number of hydrogen-bond donors (Lipinski definition) is 1. The molecule has 1 heterocycles. The van der Waals surface area contributed by atoms with Crippen molar-refractivity contribution in [3.8, 4) is 0 Å². The van der Waals surface area contributed by atoms with Crippen LogP contribution < -0.4 is 4.72 Å². The third kappa shape index (κ3) is 4.51. The van der Waals surface area contributed by atoms with Gasteiger partial charge in [-0.1, -0.05) is 24.6 Å². The van der Waals surface area contributed by atoms with Crippen LogP contribution in [-0.4, -0.2) is 34.2 Å². The Hall–Kier alpha value is -1.90. The Morgan fingerprint density at radius 3 is 2.11 bits per heavy atom. The zero-order valence-corrected chi connectivity index (χ0v) is 17.1. The largest absolute Gasteiger partial charge is 0.280 e. The molecule has 1 unspecified atom stereocenters. The second-order valence-electron chi connectivity index (χ2n) is 7.05. The third-order valence-electron chi connectivity index (χ3n) is 4.70. The van der Waals surface area contributed by atoms with E-state index >= 15 is 0 Å². The predicted octanol–water partition coefficient (Wildman–Crippen LogP) is 3.22. The average Bonchev–Trinajstić information content (AvgIpc) is 2.62. The number of benzene rings is 2. The molecule has 0 aliphatic carbocycles. The molecule has 2 aromatic carbocycles. The summed E-state index contributed by atoms with van der Waals surface area (Å²) in [4.78, 5) is 0.335. The molecule has 1 fully saturated rings. The van der Waals surface area contributed by atoms with Gasteiger partial charge in [-0.15, -0.1) is 0 Å². The van der Waals surface area contributed by atoms with Gasteiger partial charge in [-0.25, -0.2) is 16.8 Å². The van der Waals surface area contributed by atoms with E-state index in [1.165, 1.54) is 40.7 Å². The number of rotatable bonds is 5. The zero-order chi connectivity index (χ0) is 19.7. The number of piperidine rings is 1. The van der Waals surface area contributed by atoms with Gasteiger partial charge in [-0.05, 0) is 62.1 Å². The molecule has 8 heteroatoms. The summed E-state index contributed by atoms with van der Waals surface area (Å²) < 4.78 is 54.4. The van der Waals surface area contributed by atoms with Crippen molar-refractivity contribution in [3.63, 3.8) is 0 Å². The molecule has 2 aromatic rings. The van der Waals surface area contributed by atoms with E-state index in [1.807, 2.05) is 13.8 Å². The highest BCUT2D eigenvalue weighted by Gasteiger charge is 2.28. The summed E-state index contributed by atoms with van der Waals surface area (Å²) in [6, 6.07) is 12.4. The van der Waals surface area contributed by atoms with Crippen LogP contribution in [0.25, 0.3) is 0 Å². The van der Waals surface area contributed by atoms with Gasteiger partial charge in [0, 0.05) is 18.8 Å². The van der Waals surface area contributed by atoms with E-state index in [9.17, 15) is 16.8 Å². The number of nitrogens with zero attached hydrogens (tertiary/aromatic N) is 1. The fraction of sp³-hybridized carbons (Fsp3) is 0.368. The summed E-state index contributed by atoms with van der Waals surface area (Å²) in [7, 11) is -7.27. The lowest BCUT2D eigenvalue weighted by Gasteiger charge is -2.30. The van der Waals surface area contributed by atoms with E-state index in [0.29, 0.717) is 24.7 Å². The molecular formula is C19H24N2O4S2. The Morgan fingerprint density at radius 1 is 0.926 bits per heavy atom. The second-order valence-corrected chi connectivity index (χ2v) is 10.7. The topological polar surface area (TPSA) is 83.5 Å². The molecule has 1 atom stereocenters. The first-order valence-corrected chi connectivity index (χ1v) is 11.8. The Bertz CT molecular complexity index is 999. The van der Waals surface area contributed by atoms with Gasteiger partial charge < -0.3 is 0 Å². The summed E-state index contributed by atoms with van der Waals surface area (Å²) in [5, 5.41) is 0. The molecule has 3 rings (SSSR count). The molecule has 0 radical (unpaired) electrons. The van der Waals surface area contributed by atoms with Crippen molar-refractivity contribution >= 4 is 25.7 Å². The molecule has 0 amide bonds. The number of aryl methyl sites for hydroxylation is 1. The number of hydrogen-bond acceptors (Lipinski definition) is 4. The monoisotopic (exact) mass is 408 g/mol. The maximum Gasteiger partial charge on any atom is 0.261 e. The van der Waals surface area contributed by atoms with Gasteiger partial charge in [0.15, 0.2) is 0 Å². The van der Waals surface area contributed by atoms with Crippen LogP contribution in [0.15, 0.2) is 58.3 Å². The van der Waals surface area contributed by atoms with E-state index in [0.717, 1.165) is 18.4 Å². The lowest BCUT2D eigenvalue weighted by molar-refractivity contribution is 0.281. The lowest BCUT2D eigenvalue weighted by Crippen LogP contribution is -2.39. The second kappa shape index (κ2) is 7.61. The smallest absolute Gasteiger partial charge is 0.261 e. The maximum absolute atomic E-state index is 12.8. The Balaban J connectivity index is 1.78. The Kier molecular flexibility index (Phi) is 5.60. The Morgan fingerprint density at radius 2 is 1.52 bits per heavy atom. The number of anilines is 1. The van der Waals surface area contributed by atoms with E-state index in [1.54, 1.807) is 12.1 Å². The molecule has 6 nitrogen and oxygen atoms in total. The minimum absolute atomic E-state index is 0.159. The molecule has 1 saturated heterocycles. The highest BCUT2D eigenvalue weighted by molar-refractivity contribution is 7.92. The van der Waals surface area contributed by atoms with Crippen LogP contribution in [0.2, 0.25) is 0 Å². The van der Waals surface area contributed by atoms with Gasteiger partial charge in [0.1, 0.15) is 0 Å². The van der Waals surface area contributed by atoms with Crippen LogP contribution in [0.1, 0.15) is 25.3 Å². The quantitative estimate of drug-likeness (QED) is 0.823. The van der Waals surface area contributed by atoms with Crippen molar-refractivity contribution in [2.24, 2.45) is 5.92 Å². The summed E-state index contributed by atoms with van der Waals surface area (Å²) in [5.74, 6) is 0.342. The first kappa shape index (κ1) is 19.9. The zero-order valence-electron chi connectivity index (χ0n) is 15.4. The SMILES string of the molecule is Cc1ccc(S(=O)(=O)Nc2ccc(S(=O)(=O)N3CCCC(C)C3)cc2)cc1. The molecule has 27 heavy (non-hydrogen) atoms. The van der Waals surface area contributed by atoms with Crippen molar-refractivity contribution in [1.29, 1.82) is 0 Å². The van der Waals surface area contributed by atoms with Gasteiger partial charge in [-0.3, -0.25) is 4.72 Å². The van der Waals surface area contributed by atoms with Crippen LogP contribution in [0, 0.1) is 12.8 Å². The first-order valence-electron chi connectivity index (χ1n) is 8.88. The van der Waals surface area contributed by atoms with Crippen LogP contribution in [0.3, 0.4) is 0 Å². The minimum Gasteiger partial charge on any atom is -0.280 e. The fourth-order valence-electron chi connectivity index (χ4n) is 3.14. The maximum atomic E-state index is 12.8. The van der Waals surface area contributed by atoms with E-state index in [-0.39, 0.29) is 9.79 Å². The third-order valence-corrected chi connectivity index (χ3v) is 7.97. The van der Waals surface area contributed by atoms with Crippen molar-refractivity contribution in [3.05, 3.63) is 54.1 Å². The van der Waals surface area contributed by atoms with Crippen molar-refractivity contribution in [2.75, 3.05) is 17.8 Å². The van der Waals surface area contributed by atoms with E-state index in [4.69, 9.17) is 0 Å². The van der Waals surface area contributed by atoms with Gasteiger partial charge in [0.25, 0.3) is 10.0 Å². The summed E-state index contributed by atoms with van der Waals surface area (Å²) in [5.41, 5.74) is 1.29. The summed E-state index contributed by atoms with van der Waals surface area (Å²) >= 11 is 0. The molecule has 1 aliphatic heterocycles. The van der Waals surface area contributed by atoms with E-state index in [2.05, 4.69) is 4.72 Å². The summed E-state index contributed by atoms with van der Waals surface area (Å²) in [6.45, 7) is 4.97. The van der Waals surface area contributed by atoms with Gasteiger partial charge in [0.05, 0.1) is 9.79 Å². The predicted molar refractivity (Wildman–Crippen MR) is 106 cm³/mol. The van der Waals surface area contributed by atoms with Crippen molar-refractivity contribution in [2.45, 2.75) is 36.5 Å². The van der Waals surface area contributed by atoms with Crippen LogP contribution in [0.4, 0.5) is 5.69 Å². The van der Waals surface area contributed by atoms with Gasteiger partial charge in [0.2, 0.25) is 10.0 Å². The minimum atomic E-state index is -3.72. The van der Waals surface area contributed by atoms with Crippen molar-refractivity contribution < 1.29 is 16.8 Å². The summed E-state index contributed by atoms with van der Waals surface area (Å²) in [6.07, 6.45) is 1.89. The van der Waals surface area contributed by atoms with Crippen LogP contribution in [-0.2, 0) is 20.0 Å². The molecule has 146 valence electrons. The molecule has 0 spiro atoms. The highest BCUT2D eigenvalue weighted by Crippen LogP contribution is 2.25. The van der Waals surface area contributed by atoms with Gasteiger partial charge in [-0.2, -0.15) is 4.31 Å². The average molecular weight is 409 g/mol. The lowest BCUT2D eigenvalue weighted by atomic mass is 10.0. The first-order chi connectivity index (χ1) is 12.7. The molecule has 0 aromatic heterocycles. The van der Waals surface area contributed by atoms with Crippen LogP contribution >= 0.6 is 0 Å². The molecule has 0 bridgehead atoms.